The van der Waals surface area contributed by atoms with Gasteiger partial charge >= 0.3 is 0 Å². The first kappa shape index (κ1) is 7.62. The Labute approximate surface area is 70.7 Å². The van der Waals surface area contributed by atoms with Crippen LogP contribution in [-0.4, -0.2) is 30.0 Å². The Kier molecular flexibility index (Phi) is 2.18. The summed E-state index contributed by atoms with van der Waals surface area (Å²) < 4.78 is 5.52. The van der Waals surface area contributed by atoms with E-state index in [0.29, 0.717) is 18.8 Å². The van der Waals surface area contributed by atoms with E-state index in [-0.39, 0.29) is 12.0 Å². The monoisotopic (exact) mass is 172 g/mol. The van der Waals surface area contributed by atoms with Crippen LogP contribution in [0.2, 0.25) is 0 Å². The standard InChI is InChI=1S/C8H12O2S/c9-7-1-3-10-8-2-4-11-5-6(7)8/h6,8H,1-5H2. The Morgan fingerprint density at radius 2 is 2.45 bits per heavy atom. The van der Waals surface area contributed by atoms with Gasteiger partial charge in [0.05, 0.1) is 18.6 Å². The second kappa shape index (κ2) is 3.15. The van der Waals surface area contributed by atoms with Crippen LogP contribution in [0.1, 0.15) is 12.8 Å². The predicted octanol–water partition coefficient (Wildman–Crippen LogP) is 1.10. The Morgan fingerprint density at radius 3 is 3.27 bits per heavy atom. The maximum atomic E-state index is 11.3. The maximum absolute atomic E-state index is 11.3. The van der Waals surface area contributed by atoms with Gasteiger partial charge in [-0.3, -0.25) is 4.79 Å². The molecule has 0 spiro atoms. The summed E-state index contributed by atoms with van der Waals surface area (Å²) in [5.74, 6) is 2.80. The minimum atomic E-state index is 0.225. The molecule has 0 saturated carbocycles. The smallest absolute Gasteiger partial charge is 0.141 e. The van der Waals surface area contributed by atoms with Crippen molar-refractivity contribution < 1.29 is 9.53 Å². The van der Waals surface area contributed by atoms with Crippen LogP contribution in [0, 0.1) is 5.92 Å². The molecule has 0 aromatic carbocycles. The van der Waals surface area contributed by atoms with Crippen molar-refractivity contribution in [1.29, 1.82) is 0 Å². The molecule has 0 aromatic rings. The van der Waals surface area contributed by atoms with Crippen LogP contribution >= 0.6 is 11.8 Å². The van der Waals surface area contributed by atoms with Gasteiger partial charge in [0.25, 0.3) is 0 Å². The minimum absolute atomic E-state index is 0.225. The van der Waals surface area contributed by atoms with Crippen molar-refractivity contribution in [1.82, 2.24) is 0 Å². The number of Topliss-reactive ketones (excluding diaryl/α,β-unsaturated/α-hetero) is 1. The Hall–Kier alpha value is -0.0200. The fraction of sp³-hybridized carbons (Fsp3) is 0.875. The summed E-state index contributed by atoms with van der Waals surface area (Å²) in [6.07, 6.45) is 1.97. The fourth-order valence-corrected chi connectivity index (χ4v) is 2.93. The molecule has 62 valence electrons. The molecule has 3 heteroatoms. The average molecular weight is 172 g/mol. The second-order valence-corrected chi connectivity index (χ2v) is 4.25. The highest BCUT2D eigenvalue weighted by atomic mass is 32.2. The van der Waals surface area contributed by atoms with Crippen molar-refractivity contribution >= 4 is 17.5 Å². The van der Waals surface area contributed by atoms with Crippen LogP contribution in [0.4, 0.5) is 0 Å². The molecule has 0 N–H and O–H groups in total. The lowest BCUT2D eigenvalue weighted by molar-refractivity contribution is -0.135. The van der Waals surface area contributed by atoms with Crippen LogP contribution < -0.4 is 0 Å². The molecule has 2 aliphatic rings. The van der Waals surface area contributed by atoms with Crippen LogP contribution in [0.25, 0.3) is 0 Å². The highest BCUT2D eigenvalue weighted by Crippen LogP contribution is 2.29. The van der Waals surface area contributed by atoms with Crippen molar-refractivity contribution in [3.8, 4) is 0 Å². The van der Waals surface area contributed by atoms with Crippen molar-refractivity contribution in [2.24, 2.45) is 5.92 Å². The molecule has 2 atom stereocenters. The molecular formula is C8H12O2S. The number of thioether (sulfide) groups is 1. The summed E-state index contributed by atoms with van der Waals surface area (Å²) in [6.45, 7) is 0.657. The third kappa shape index (κ3) is 1.44. The van der Waals surface area contributed by atoms with E-state index < -0.39 is 0 Å². The molecule has 2 fully saturated rings. The molecule has 2 unspecified atom stereocenters. The Morgan fingerprint density at radius 1 is 1.55 bits per heavy atom. The lowest BCUT2D eigenvalue weighted by Gasteiger charge is -2.33. The first-order valence-electron chi connectivity index (χ1n) is 4.10. The van der Waals surface area contributed by atoms with Gasteiger partial charge in [0.15, 0.2) is 0 Å². The van der Waals surface area contributed by atoms with Gasteiger partial charge < -0.3 is 4.74 Å². The van der Waals surface area contributed by atoms with Crippen LogP contribution in [-0.2, 0) is 9.53 Å². The third-order valence-electron chi connectivity index (χ3n) is 2.39. The quantitative estimate of drug-likeness (QED) is 0.547. The fourth-order valence-electron chi connectivity index (χ4n) is 1.71. The van der Waals surface area contributed by atoms with Crippen molar-refractivity contribution in [3.63, 3.8) is 0 Å². The first-order chi connectivity index (χ1) is 5.38. The van der Waals surface area contributed by atoms with E-state index in [9.17, 15) is 4.79 Å². The molecule has 0 bridgehead atoms. The molecule has 2 rings (SSSR count). The van der Waals surface area contributed by atoms with E-state index in [1.165, 1.54) is 0 Å². The normalized spacial score (nSPS) is 38.4. The molecule has 0 aliphatic carbocycles. The number of fused-ring (bicyclic) bond motifs is 1. The summed E-state index contributed by atoms with van der Waals surface area (Å²) >= 11 is 1.88. The summed E-state index contributed by atoms with van der Waals surface area (Å²) in [5.41, 5.74) is 0. The number of ketones is 1. The SMILES string of the molecule is O=C1CCOC2CCSCC12. The largest absolute Gasteiger partial charge is 0.377 e. The van der Waals surface area contributed by atoms with Crippen molar-refractivity contribution in [2.45, 2.75) is 18.9 Å². The van der Waals surface area contributed by atoms with Crippen LogP contribution in [0.15, 0.2) is 0 Å². The molecular weight excluding hydrogens is 160 g/mol. The van der Waals surface area contributed by atoms with E-state index in [1.807, 2.05) is 11.8 Å². The average Bonchev–Trinajstić information content (AvgIpc) is 2.06. The van der Waals surface area contributed by atoms with Crippen molar-refractivity contribution in [2.75, 3.05) is 18.1 Å². The molecule has 2 heterocycles. The summed E-state index contributed by atoms with van der Waals surface area (Å²) in [5, 5.41) is 0. The molecule has 2 nitrogen and oxygen atoms in total. The van der Waals surface area contributed by atoms with E-state index in [1.54, 1.807) is 0 Å². The van der Waals surface area contributed by atoms with Gasteiger partial charge in [-0.05, 0) is 12.2 Å². The van der Waals surface area contributed by atoms with Crippen LogP contribution in [0.5, 0.6) is 0 Å². The molecule has 0 amide bonds. The Bertz CT molecular complexity index is 167. The van der Waals surface area contributed by atoms with E-state index in [2.05, 4.69) is 0 Å². The highest BCUT2D eigenvalue weighted by molar-refractivity contribution is 7.99. The maximum Gasteiger partial charge on any atom is 0.141 e. The highest BCUT2D eigenvalue weighted by Gasteiger charge is 2.34. The number of carbonyl (C=O) groups excluding carboxylic acids is 1. The summed E-state index contributed by atoms with van der Waals surface area (Å²) in [4.78, 5) is 11.3. The van der Waals surface area contributed by atoms with Crippen molar-refractivity contribution in [3.05, 3.63) is 0 Å². The van der Waals surface area contributed by atoms with Gasteiger partial charge in [-0.25, -0.2) is 0 Å². The second-order valence-electron chi connectivity index (χ2n) is 3.10. The molecule has 2 aliphatic heterocycles. The summed E-state index contributed by atoms with van der Waals surface area (Å²) in [6, 6.07) is 0. The minimum Gasteiger partial charge on any atom is -0.377 e. The number of hydrogen-bond donors (Lipinski definition) is 0. The number of hydrogen-bond acceptors (Lipinski definition) is 3. The van der Waals surface area contributed by atoms with E-state index >= 15 is 0 Å². The van der Waals surface area contributed by atoms with Gasteiger partial charge in [-0.2, -0.15) is 11.8 Å². The zero-order chi connectivity index (χ0) is 7.68. The molecule has 2 saturated heterocycles. The molecule has 11 heavy (non-hydrogen) atoms. The van der Waals surface area contributed by atoms with Gasteiger partial charge in [0.2, 0.25) is 0 Å². The molecule has 0 radical (unpaired) electrons. The van der Waals surface area contributed by atoms with Gasteiger partial charge in [0, 0.05) is 12.2 Å². The Balaban J connectivity index is 2.05. The number of carbonyl (C=O) groups is 1. The first-order valence-corrected chi connectivity index (χ1v) is 5.25. The van der Waals surface area contributed by atoms with E-state index in [0.717, 1.165) is 17.9 Å². The topological polar surface area (TPSA) is 26.3 Å². The predicted molar refractivity (Wildman–Crippen MR) is 44.8 cm³/mol. The lowest BCUT2D eigenvalue weighted by atomic mass is 9.93. The third-order valence-corrected chi connectivity index (χ3v) is 3.51. The van der Waals surface area contributed by atoms with E-state index in [4.69, 9.17) is 4.74 Å². The summed E-state index contributed by atoms with van der Waals surface area (Å²) in [7, 11) is 0. The lowest BCUT2D eigenvalue weighted by Crippen LogP contribution is -2.40. The zero-order valence-corrected chi connectivity index (χ0v) is 7.23. The zero-order valence-electron chi connectivity index (χ0n) is 6.41. The van der Waals surface area contributed by atoms with Gasteiger partial charge in [0.1, 0.15) is 5.78 Å². The number of rotatable bonds is 0. The van der Waals surface area contributed by atoms with Gasteiger partial charge in [-0.1, -0.05) is 0 Å². The van der Waals surface area contributed by atoms with Crippen LogP contribution in [0.3, 0.4) is 0 Å². The molecule has 0 aromatic heterocycles. The van der Waals surface area contributed by atoms with Gasteiger partial charge in [-0.15, -0.1) is 0 Å². The number of ether oxygens (including phenoxy) is 1.